The Bertz CT molecular complexity index is 1640. The summed E-state index contributed by atoms with van der Waals surface area (Å²) in [5.41, 5.74) is -0.625. The molecule has 0 aromatic heterocycles. The molecule has 0 atom stereocenters. The predicted molar refractivity (Wildman–Crippen MR) is 126 cm³/mol. The van der Waals surface area contributed by atoms with E-state index in [2.05, 4.69) is 0 Å². The van der Waals surface area contributed by atoms with Gasteiger partial charge < -0.3 is 20.1 Å². The Balaban J connectivity index is 1.42. The molecule has 0 fully saturated rings. The van der Waals surface area contributed by atoms with Gasteiger partial charge in [-0.15, -0.1) is 0 Å². The minimum absolute atomic E-state index is 0.0721. The van der Waals surface area contributed by atoms with Crippen molar-refractivity contribution < 1.29 is 43.2 Å². The number of ether oxygens (including phenoxy) is 1. The number of hydrogen-bond acceptors (Lipinski definition) is 7. The highest BCUT2D eigenvalue weighted by molar-refractivity contribution is 6.30. The van der Waals surface area contributed by atoms with Gasteiger partial charge >= 0.3 is 5.97 Å². The van der Waals surface area contributed by atoms with E-state index in [4.69, 9.17) is 4.74 Å². The molecular weight excluding hydrogens is 486 g/mol. The number of carbonyl (C=O) groups excluding carboxylic acids is 3. The highest BCUT2D eigenvalue weighted by atomic mass is 19.1. The van der Waals surface area contributed by atoms with Crippen molar-refractivity contribution in [1.29, 1.82) is 0 Å². The zero-order chi connectivity index (χ0) is 26.4. The number of aromatic hydroxyl groups is 3. The van der Waals surface area contributed by atoms with E-state index in [9.17, 15) is 38.5 Å². The predicted octanol–water partition coefficient (Wildman–Crippen LogP) is 4.88. The standard InChI is InChI=1S/C28H16F2O7/c29-16-5-6-17(20(30)11-16)13-4-7-21(31)15(8-13)12-37-28(36)14-9-19-25(23(33)10-14)27(35)24-18(26(19)34)2-1-3-22(24)32/h1-11,31-33H,12H2. The molecule has 0 amide bonds. The van der Waals surface area contributed by atoms with Gasteiger partial charge in [-0.05, 0) is 48.0 Å². The Hall–Kier alpha value is -5.05. The molecule has 0 unspecified atom stereocenters. The summed E-state index contributed by atoms with van der Waals surface area (Å²) in [6, 6.07) is 13.1. The first-order chi connectivity index (χ1) is 17.7. The SMILES string of the molecule is O=C(OCc1cc(-c2ccc(F)cc2F)ccc1O)c1cc(O)c2c(c1)C(=O)c1cccc(O)c1C2=O. The molecule has 5 rings (SSSR count). The van der Waals surface area contributed by atoms with Crippen LogP contribution in [0.25, 0.3) is 11.1 Å². The normalized spacial score (nSPS) is 12.2. The average molecular weight is 502 g/mol. The Morgan fingerprint density at radius 1 is 0.730 bits per heavy atom. The lowest BCUT2D eigenvalue weighted by Gasteiger charge is -2.20. The van der Waals surface area contributed by atoms with Crippen molar-refractivity contribution in [1.82, 2.24) is 0 Å². The van der Waals surface area contributed by atoms with Gasteiger partial charge in [0.15, 0.2) is 5.78 Å². The van der Waals surface area contributed by atoms with E-state index < -0.39 is 47.3 Å². The van der Waals surface area contributed by atoms with Crippen LogP contribution in [0.3, 0.4) is 0 Å². The molecule has 0 heterocycles. The first-order valence-electron chi connectivity index (χ1n) is 10.9. The third kappa shape index (κ3) is 4.06. The van der Waals surface area contributed by atoms with Crippen LogP contribution in [0.2, 0.25) is 0 Å². The highest BCUT2D eigenvalue weighted by Gasteiger charge is 2.35. The fourth-order valence-electron chi connectivity index (χ4n) is 4.22. The third-order valence-electron chi connectivity index (χ3n) is 6.02. The second-order valence-electron chi connectivity index (χ2n) is 8.32. The van der Waals surface area contributed by atoms with Gasteiger partial charge in [-0.1, -0.05) is 18.2 Å². The minimum Gasteiger partial charge on any atom is -0.508 e. The van der Waals surface area contributed by atoms with Gasteiger partial charge in [-0.3, -0.25) is 9.59 Å². The van der Waals surface area contributed by atoms with E-state index >= 15 is 0 Å². The number of carbonyl (C=O) groups is 3. The number of hydrogen-bond donors (Lipinski definition) is 3. The highest BCUT2D eigenvalue weighted by Crippen LogP contribution is 2.37. The summed E-state index contributed by atoms with van der Waals surface area (Å²) in [5, 5.41) is 30.7. The van der Waals surface area contributed by atoms with Crippen molar-refractivity contribution in [3.63, 3.8) is 0 Å². The van der Waals surface area contributed by atoms with E-state index in [1.165, 1.54) is 42.5 Å². The van der Waals surface area contributed by atoms with E-state index in [0.717, 1.165) is 24.3 Å². The van der Waals surface area contributed by atoms with Crippen LogP contribution in [0.4, 0.5) is 8.78 Å². The van der Waals surface area contributed by atoms with Gasteiger partial charge in [0.05, 0.1) is 16.7 Å². The van der Waals surface area contributed by atoms with Crippen molar-refractivity contribution in [3.05, 3.63) is 112 Å². The molecule has 0 bridgehead atoms. The molecule has 37 heavy (non-hydrogen) atoms. The van der Waals surface area contributed by atoms with E-state index in [-0.39, 0.29) is 44.7 Å². The zero-order valence-electron chi connectivity index (χ0n) is 18.8. The fourth-order valence-corrected chi connectivity index (χ4v) is 4.22. The van der Waals surface area contributed by atoms with Gasteiger partial charge in [-0.25, -0.2) is 13.6 Å². The molecule has 3 N–H and O–H groups in total. The number of benzene rings is 4. The van der Waals surface area contributed by atoms with Crippen LogP contribution in [-0.2, 0) is 11.3 Å². The number of rotatable bonds is 4. The first kappa shape index (κ1) is 23.7. The molecule has 9 heteroatoms. The summed E-state index contributed by atoms with van der Waals surface area (Å²) in [4.78, 5) is 38.6. The Morgan fingerprint density at radius 2 is 1.49 bits per heavy atom. The largest absolute Gasteiger partial charge is 0.508 e. The molecule has 4 aromatic rings. The molecule has 0 saturated heterocycles. The summed E-state index contributed by atoms with van der Waals surface area (Å²) < 4.78 is 32.7. The monoisotopic (exact) mass is 502 g/mol. The Labute approximate surface area is 207 Å². The maximum atomic E-state index is 14.2. The Kier molecular flexibility index (Phi) is 5.68. The van der Waals surface area contributed by atoms with Crippen LogP contribution in [0, 0.1) is 11.6 Å². The van der Waals surface area contributed by atoms with E-state index in [1.54, 1.807) is 0 Å². The van der Waals surface area contributed by atoms with Gasteiger partial charge in [0, 0.05) is 28.3 Å². The van der Waals surface area contributed by atoms with Gasteiger partial charge in [-0.2, -0.15) is 0 Å². The van der Waals surface area contributed by atoms with Gasteiger partial charge in [0.2, 0.25) is 5.78 Å². The number of halogens is 2. The smallest absolute Gasteiger partial charge is 0.338 e. The summed E-state index contributed by atoms with van der Waals surface area (Å²) in [7, 11) is 0. The average Bonchev–Trinajstić information content (AvgIpc) is 2.86. The second kappa shape index (κ2) is 8.87. The van der Waals surface area contributed by atoms with Crippen LogP contribution >= 0.6 is 0 Å². The lowest BCUT2D eigenvalue weighted by molar-refractivity contribution is 0.0469. The summed E-state index contributed by atoms with van der Waals surface area (Å²) in [6.45, 7) is -0.456. The molecule has 7 nitrogen and oxygen atoms in total. The maximum Gasteiger partial charge on any atom is 0.338 e. The molecule has 0 spiro atoms. The van der Waals surface area contributed by atoms with Crippen LogP contribution in [0.1, 0.15) is 47.8 Å². The van der Waals surface area contributed by atoms with Crippen molar-refractivity contribution >= 4 is 17.5 Å². The second-order valence-corrected chi connectivity index (χ2v) is 8.32. The van der Waals surface area contributed by atoms with E-state index in [1.807, 2.05) is 0 Å². The van der Waals surface area contributed by atoms with Crippen LogP contribution in [0.5, 0.6) is 17.2 Å². The quantitative estimate of drug-likeness (QED) is 0.300. The molecule has 0 radical (unpaired) electrons. The lowest BCUT2D eigenvalue weighted by atomic mass is 9.82. The summed E-state index contributed by atoms with van der Waals surface area (Å²) >= 11 is 0. The number of phenolic OH excluding ortho intramolecular Hbond substituents is 3. The fraction of sp³-hybridized carbons (Fsp3) is 0.0357. The van der Waals surface area contributed by atoms with Gasteiger partial charge in [0.25, 0.3) is 0 Å². The molecule has 184 valence electrons. The number of fused-ring (bicyclic) bond motifs is 2. The lowest BCUT2D eigenvalue weighted by Crippen LogP contribution is -2.22. The number of esters is 1. The van der Waals surface area contributed by atoms with Crippen molar-refractivity contribution in [2.75, 3.05) is 0 Å². The van der Waals surface area contributed by atoms with Crippen molar-refractivity contribution in [2.24, 2.45) is 0 Å². The summed E-state index contributed by atoms with van der Waals surface area (Å²) in [6.07, 6.45) is 0. The minimum atomic E-state index is -0.974. The molecule has 0 saturated carbocycles. The maximum absolute atomic E-state index is 14.2. The molecule has 0 aliphatic heterocycles. The van der Waals surface area contributed by atoms with Gasteiger partial charge in [0.1, 0.15) is 35.5 Å². The van der Waals surface area contributed by atoms with Crippen LogP contribution in [0.15, 0.2) is 66.7 Å². The summed E-state index contributed by atoms with van der Waals surface area (Å²) in [5.74, 6) is -5.27. The zero-order valence-corrected chi connectivity index (χ0v) is 18.8. The van der Waals surface area contributed by atoms with E-state index in [0.29, 0.717) is 5.56 Å². The molecular formula is C28H16F2O7. The number of ketones is 2. The first-order valence-corrected chi connectivity index (χ1v) is 10.9. The Morgan fingerprint density at radius 3 is 2.24 bits per heavy atom. The molecule has 4 aromatic carbocycles. The van der Waals surface area contributed by atoms with Crippen LogP contribution in [-0.4, -0.2) is 32.9 Å². The molecule has 1 aliphatic rings. The van der Waals surface area contributed by atoms with Crippen molar-refractivity contribution in [3.8, 4) is 28.4 Å². The third-order valence-corrected chi connectivity index (χ3v) is 6.02. The van der Waals surface area contributed by atoms with Crippen LogP contribution < -0.4 is 0 Å². The van der Waals surface area contributed by atoms with Crippen molar-refractivity contribution in [2.45, 2.75) is 6.61 Å². The topological polar surface area (TPSA) is 121 Å². The number of phenols is 3. The molecule has 1 aliphatic carbocycles.